The molecule has 0 saturated carbocycles. The highest BCUT2D eigenvalue weighted by Crippen LogP contribution is 2.44. The SMILES string of the molecule is CCCc1cc2n(c(=O)c1COC([NH3+])O)Cc1c-2nc2cc(F)c(C)c3c2c1C(NC(=O)COCCN)CC3. The number of nitrogens with two attached hydrogens (primary N) is 1. The van der Waals surface area contributed by atoms with Crippen LogP contribution in [0.1, 0.15) is 59.2 Å². The van der Waals surface area contributed by atoms with Gasteiger partial charge in [-0.25, -0.2) is 9.37 Å². The van der Waals surface area contributed by atoms with E-state index in [2.05, 4.69) is 11.1 Å². The molecule has 0 spiro atoms. The van der Waals surface area contributed by atoms with Crippen molar-refractivity contribution in [3.8, 4) is 11.4 Å². The van der Waals surface area contributed by atoms with E-state index in [1.165, 1.54) is 6.07 Å². The highest BCUT2D eigenvalue weighted by atomic mass is 19.1. The third kappa shape index (κ3) is 4.96. The van der Waals surface area contributed by atoms with E-state index in [0.717, 1.165) is 34.1 Å². The van der Waals surface area contributed by atoms with Gasteiger partial charge in [0.05, 0.1) is 42.7 Å². The van der Waals surface area contributed by atoms with Crippen molar-refractivity contribution < 1.29 is 29.5 Å². The lowest BCUT2D eigenvalue weighted by Gasteiger charge is -2.29. The highest BCUT2D eigenvalue weighted by Gasteiger charge is 2.35. The Morgan fingerprint density at radius 3 is 2.90 bits per heavy atom. The number of hydrogen-bond donors (Lipinski definition) is 4. The number of aromatic nitrogens is 2. The fourth-order valence-electron chi connectivity index (χ4n) is 5.85. The molecule has 39 heavy (non-hydrogen) atoms. The van der Waals surface area contributed by atoms with Gasteiger partial charge in [0, 0.05) is 29.1 Å². The number of fused-ring (bicyclic) bond motifs is 4. The van der Waals surface area contributed by atoms with Gasteiger partial charge < -0.3 is 35.9 Å². The number of aryl methyl sites for hydroxylation is 2. The van der Waals surface area contributed by atoms with Crippen LogP contribution < -0.4 is 22.3 Å². The predicted molar refractivity (Wildman–Crippen MR) is 142 cm³/mol. The summed E-state index contributed by atoms with van der Waals surface area (Å²) in [4.78, 5) is 31.4. The molecule has 1 amide bonds. The van der Waals surface area contributed by atoms with E-state index in [-0.39, 0.29) is 49.7 Å². The van der Waals surface area contributed by atoms with Crippen molar-refractivity contribution in [1.82, 2.24) is 14.9 Å². The Kier molecular flexibility index (Phi) is 7.79. The molecule has 2 atom stereocenters. The van der Waals surface area contributed by atoms with E-state index in [1.54, 1.807) is 11.5 Å². The molecular weight excluding hydrogens is 505 g/mol. The van der Waals surface area contributed by atoms with Gasteiger partial charge in [-0.1, -0.05) is 13.3 Å². The van der Waals surface area contributed by atoms with E-state index >= 15 is 0 Å². The molecule has 3 heterocycles. The van der Waals surface area contributed by atoms with Gasteiger partial charge in [0.25, 0.3) is 5.56 Å². The number of amides is 1. The molecule has 0 saturated heterocycles. The van der Waals surface area contributed by atoms with Gasteiger partial charge in [0.2, 0.25) is 5.91 Å². The lowest BCUT2D eigenvalue weighted by atomic mass is 9.81. The fraction of sp³-hybridized carbons (Fsp3) is 0.464. The van der Waals surface area contributed by atoms with Crippen LogP contribution in [-0.4, -0.2) is 46.7 Å². The molecule has 2 unspecified atom stereocenters. The second-order valence-corrected chi connectivity index (χ2v) is 10.1. The number of carbonyl (C=O) groups excluding carboxylic acids is 1. The number of benzene rings is 1. The van der Waals surface area contributed by atoms with Gasteiger partial charge in [0.15, 0.2) is 0 Å². The normalized spacial score (nSPS) is 16.3. The molecule has 1 aromatic carbocycles. The van der Waals surface area contributed by atoms with Gasteiger partial charge in [-0.2, -0.15) is 0 Å². The Morgan fingerprint density at radius 2 is 2.18 bits per heavy atom. The predicted octanol–water partition coefficient (Wildman–Crippen LogP) is 0.938. The second-order valence-electron chi connectivity index (χ2n) is 10.1. The Balaban J connectivity index is 1.67. The smallest absolute Gasteiger partial charge is 0.302 e. The van der Waals surface area contributed by atoms with Gasteiger partial charge in [-0.3, -0.25) is 9.59 Å². The van der Waals surface area contributed by atoms with E-state index in [4.69, 9.17) is 20.2 Å². The number of aliphatic hydroxyl groups is 1. The topological polar surface area (TPSA) is 156 Å². The number of aliphatic hydroxyl groups excluding tert-OH is 1. The molecule has 2 aromatic heterocycles. The van der Waals surface area contributed by atoms with Crippen LogP contribution in [0.3, 0.4) is 0 Å². The van der Waals surface area contributed by atoms with Crippen molar-refractivity contribution in [2.24, 2.45) is 5.73 Å². The summed E-state index contributed by atoms with van der Waals surface area (Å²) in [5, 5.41) is 13.5. The molecule has 1 aliphatic carbocycles. The van der Waals surface area contributed by atoms with Crippen molar-refractivity contribution in [3.05, 3.63) is 61.7 Å². The summed E-state index contributed by atoms with van der Waals surface area (Å²) in [6, 6.07) is 3.04. The largest absolute Gasteiger partial charge is 0.370 e. The lowest BCUT2D eigenvalue weighted by molar-refractivity contribution is -0.558. The van der Waals surface area contributed by atoms with E-state index in [0.29, 0.717) is 53.8 Å². The number of nitrogens with zero attached hydrogens (tertiary/aromatic N) is 2. The molecule has 208 valence electrons. The second kappa shape index (κ2) is 11.1. The zero-order valence-corrected chi connectivity index (χ0v) is 22.3. The molecule has 1 aliphatic heterocycles. The van der Waals surface area contributed by atoms with E-state index in [1.807, 2.05) is 13.0 Å². The number of carbonyl (C=O) groups is 1. The number of hydrogen-bond acceptors (Lipinski definition) is 7. The standard InChI is InChI=1S/C28H34FN5O5/c1-3-4-15-9-22-26-17(11-34(22)27(36)18(15)12-39-28(31)37)25-20(32-23(35)13-38-8-7-30)6-5-16-14(2)19(29)10-21(33-26)24(16)25/h9-10,20,28,37H,3-8,11-13,30-31H2,1-2H3,(H,32,35)/p+1. The van der Waals surface area contributed by atoms with Crippen LogP contribution >= 0.6 is 0 Å². The van der Waals surface area contributed by atoms with Crippen molar-refractivity contribution in [1.29, 1.82) is 0 Å². The molecule has 10 nitrogen and oxygen atoms in total. The number of nitrogens with one attached hydrogen (secondary N) is 1. The molecule has 0 fully saturated rings. The summed E-state index contributed by atoms with van der Waals surface area (Å²) in [5.74, 6) is -0.589. The zero-order chi connectivity index (χ0) is 27.8. The monoisotopic (exact) mass is 540 g/mol. The molecule has 7 N–H and O–H groups in total. The summed E-state index contributed by atoms with van der Waals surface area (Å²) in [7, 11) is 0. The van der Waals surface area contributed by atoms with Crippen molar-refractivity contribution in [2.45, 2.75) is 65.1 Å². The molecule has 2 aliphatic rings. The van der Waals surface area contributed by atoms with Crippen molar-refractivity contribution in [3.63, 3.8) is 0 Å². The number of rotatable bonds is 10. The van der Waals surface area contributed by atoms with Crippen LogP contribution in [0.25, 0.3) is 22.3 Å². The molecular formula is C28H35FN5O5+. The number of quaternary nitrogens is 1. The lowest BCUT2D eigenvalue weighted by Crippen LogP contribution is -2.62. The average molecular weight is 541 g/mol. The highest BCUT2D eigenvalue weighted by molar-refractivity contribution is 5.93. The summed E-state index contributed by atoms with van der Waals surface area (Å²) in [6.45, 7) is 4.48. The molecule has 0 radical (unpaired) electrons. The van der Waals surface area contributed by atoms with Crippen LogP contribution in [0.5, 0.6) is 0 Å². The number of ether oxygens (including phenoxy) is 2. The van der Waals surface area contributed by atoms with Crippen LogP contribution in [0, 0.1) is 12.7 Å². The van der Waals surface area contributed by atoms with Gasteiger partial charge in [-0.05, 0) is 54.5 Å². The maximum atomic E-state index is 15.0. The van der Waals surface area contributed by atoms with Gasteiger partial charge >= 0.3 is 6.41 Å². The molecule has 0 bridgehead atoms. The Labute approximate surface area is 225 Å². The molecule has 5 rings (SSSR count). The summed E-state index contributed by atoms with van der Waals surface area (Å²) >= 11 is 0. The Morgan fingerprint density at radius 1 is 1.38 bits per heavy atom. The van der Waals surface area contributed by atoms with Gasteiger partial charge in [0.1, 0.15) is 12.4 Å². The minimum Gasteiger partial charge on any atom is -0.370 e. The molecule has 3 aromatic rings. The van der Waals surface area contributed by atoms with Crippen molar-refractivity contribution >= 4 is 16.8 Å². The van der Waals surface area contributed by atoms with Crippen LogP contribution in [-0.2, 0) is 40.3 Å². The number of halogens is 1. The average Bonchev–Trinajstić information content (AvgIpc) is 3.26. The van der Waals surface area contributed by atoms with E-state index < -0.39 is 6.41 Å². The maximum Gasteiger partial charge on any atom is 0.302 e. The van der Waals surface area contributed by atoms with E-state index in [9.17, 15) is 19.1 Å². The summed E-state index contributed by atoms with van der Waals surface area (Å²) in [5.41, 5.74) is 14.9. The minimum absolute atomic E-state index is 0.0617. The Hall–Kier alpha value is -3.22. The number of pyridine rings is 2. The first-order chi connectivity index (χ1) is 18.7. The third-order valence-corrected chi connectivity index (χ3v) is 7.60. The van der Waals surface area contributed by atoms with Gasteiger partial charge in [-0.15, -0.1) is 0 Å². The summed E-state index contributed by atoms with van der Waals surface area (Å²) in [6.07, 6.45) is 1.37. The fourth-order valence-corrected chi connectivity index (χ4v) is 5.85. The van der Waals surface area contributed by atoms with Crippen LogP contribution in [0.15, 0.2) is 16.9 Å². The molecule has 11 heteroatoms. The summed E-state index contributed by atoms with van der Waals surface area (Å²) < 4.78 is 27.3. The first kappa shape index (κ1) is 27.4. The van der Waals surface area contributed by atoms with Crippen molar-refractivity contribution in [2.75, 3.05) is 19.8 Å². The first-order valence-corrected chi connectivity index (χ1v) is 13.3. The van der Waals surface area contributed by atoms with Crippen LogP contribution in [0.2, 0.25) is 0 Å². The zero-order valence-electron chi connectivity index (χ0n) is 22.3. The first-order valence-electron chi connectivity index (χ1n) is 13.3. The minimum atomic E-state index is -1.25. The maximum absolute atomic E-state index is 15.0. The van der Waals surface area contributed by atoms with Crippen LogP contribution in [0.4, 0.5) is 4.39 Å². The Bertz CT molecular complexity index is 1500. The third-order valence-electron chi connectivity index (χ3n) is 7.60. The quantitative estimate of drug-likeness (QED) is 0.172.